The quantitative estimate of drug-likeness (QED) is 0.751. The number of hydrogen-bond acceptors (Lipinski definition) is 4. The molecule has 0 saturated heterocycles. The average Bonchev–Trinajstić information content (AvgIpc) is 2.76. The van der Waals surface area contributed by atoms with Crippen molar-refractivity contribution in [1.29, 1.82) is 0 Å². The Morgan fingerprint density at radius 1 is 1.43 bits per heavy atom. The van der Waals surface area contributed by atoms with Crippen LogP contribution >= 0.6 is 38.9 Å². The number of benzene rings is 1. The topological polar surface area (TPSA) is 64.4 Å². The lowest BCUT2D eigenvalue weighted by molar-refractivity contribution is -0.118. The number of rotatable bonds is 7. The normalized spacial score (nSPS) is 10.4. The minimum absolute atomic E-state index is 0.196. The van der Waals surface area contributed by atoms with Gasteiger partial charge in [0.1, 0.15) is 10.1 Å². The molecule has 0 radical (unpaired) electrons. The first kappa shape index (κ1) is 16.1. The summed E-state index contributed by atoms with van der Waals surface area (Å²) in [6, 6.07) is 9.55. The number of amides is 1. The third-order valence-corrected chi connectivity index (χ3v) is 5.12. The van der Waals surface area contributed by atoms with Gasteiger partial charge in [-0.15, -0.1) is 11.3 Å². The van der Waals surface area contributed by atoms with Gasteiger partial charge in [-0.1, -0.05) is 23.7 Å². The maximum atomic E-state index is 10.7. The summed E-state index contributed by atoms with van der Waals surface area (Å²) in [4.78, 5) is 11.8. The smallest absolute Gasteiger partial charge is 0.220 e. The highest BCUT2D eigenvalue weighted by atomic mass is 79.9. The van der Waals surface area contributed by atoms with Crippen molar-refractivity contribution in [2.75, 3.05) is 11.9 Å². The zero-order chi connectivity index (χ0) is 15.2. The molecule has 112 valence electrons. The van der Waals surface area contributed by atoms with Crippen molar-refractivity contribution >= 4 is 50.5 Å². The van der Waals surface area contributed by atoms with E-state index in [0.29, 0.717) is 12.3 Å². The number of nitrogens with one attached hydrogen (secondary N) is 1. The van der Waals surface area contributed by atoms with Crippen LogP contribution in [0, 0.1) is 0 Å². The lowest BCUT2D eigenvalue weighted by Crippen LogP contribution is -2.15. The molecule has 1 aromatic heterocycles. The van der Waals surface area contributed by atoms with Gasteiger partial charge >= 0.3 is 0 Å². The van der Waals surface area contributed by atoms with E-state index in [1.807, 2.05) is 30.3 Å². The van der Waals surface area contributed by atoms with Crippen LogP contribution in [0.15, 0.2) is 34.8 Å². The van der Waals surface area contributed by atoms with Crippen LogP contribution in [0.25, 0.3) is 0 Å². The molecule has 0 saturated carbocycles. The average molecular weight is 390 g/mol. The van der Waals surface area contributed by atoms with Crippen LogP contribution in [0.2, 0.25) is 4.34 Å². The van der Waals surface area contributed by atoms with Gasteiger partial charge in [-0.3, -0.25) is 4.79 Å². The Morgan fingerprint density at radius 2 is 2.19 bits per heavy atom. The highest BCUT2D eigenvalue weighted by molar-refractivity contribution is 9.10. The van der Waals surface area contributed by atoms with Gasteiger partial charge in [0, 0.05) is 15.9 Å². The van der Waals surface area contributed by atoms with Crippen LogP contribution in [0.5, 0.6) is 5.75 Å². The Balaban J connectivity index is 1.97. The number of carbonyl (C=O) groups excluding carboxylic acids is 1. The third kappa shape index (κ3) is 4.91. The second kappa shape index (κ2) is 7.68. The van der Waals surface area contributed by atoms with Gasteiger partial charge in [0.05, 0.1) is 18.7 Å². The molecule has 2 rings (SSSR count). The molecule has 0 aliphatic carbocycles. The van der Waals surface area contributed by atoms with E-state index in [-0.39, 0.29) is 18.9 Å². The summed E-state index contributed by atoms with van der Waals surface area (Å²) in [5.74, 6) is 0.319. The Bertz CT molecular complexity index is 614. The fraction of sp³-hybridized carbons (Fsp3) is 0.214. The molecule has 2 aromatic rings. The van der Waals surface area contributed by atoms with E-state index >= 15 is 0 Å². The first-order valence-electron chi connectivity index (χ1n) is 6.24. The molecule has 0 aliphatic rings. The lowest BCUT2D eigenvalue weighted by Gasteiger charge is -2.12. The van der Waals surface area contributed by atoms with Crippen molar-refractivity contribution in [2.24, 2.45) is 5.73 Å². The number of halogens is 2. The highest BCUT2D eigenvalue weighted by Gasteiger charge is 2.07. The first-order valence-corrected chi connectivity index (χ1v) is 8.22. The Labute approximate surface area is 140 Å². The molecule has 1 amide bonds. The summed E-state index contributed by atoms with van der Waals surface area (Å²) >= 11 is 10.9. The summed E-state index contributed by atoms with van der Waals surface area (Å²) in [6.07, 6.45) is 0.196. The number of anilines is 1. The van der Waals surface area contributed by atoms with Crippen molar-refractivity contribution in [3.63, 3.8) is 0 Å². The number of carbonyl (C=O) groups is 1. The standard InChI is InChI=1S/C14H14BrClN2O2S/c15-10-7-9(21-14(10)16)8-18-11-3-1-2-4-12(11)20-6-5-13(17)19/h1-4,7,18H,5-6,8H2,(H2,17,19). The third-order valence-electron chi connectivity index (χ3n) is 2.64. The zero-order valence-electron chi connectivity index (χ0n) is 11.1. The summed E-state index contributed by atoms with van der Waals surface area (Å²) in [7, 11) is 0. The fourth-order valence-corrected chi connectivity index (χ4v) is 3.39. The van der Waals surface area contributed by atoms with Crippen molar-refractivity contribution < 1.29 is 9.53 Å². The van der Waals surface area contributed by atoms with Gasteiger partial charge in [0.25, 0.3) is 0 Å². The van der Waals surface area contributed by atoms with E-state index in [0.717, 1.165) is 19.4 Å². The van der Waals surface area contributed by atoms with Crippen LogP contribution < -0.4 is 15.8 Å². The maximum Gasteiger partial charge on any atom is 0.220 e. The number of nitrogens with two attached hydrogens (primary N) is 1. The summed E-state index contributed by atoms with van der Waals surface area (Å²) in [5, 5.41) is 3.30. The number of thiophene rings is 1. The number of ether oxygens (including phenoxy) is 1. The molecule has 0 bridgehead atoms. The lowest BCUT2D eigenvalue weighted by atomic mass is 10.3. The van der Waals surface area contributed by atoms with Crippen LogP contribution in [0.4, 0.5) is 5.69 Å². The second-order valence-corrected chi connectivity index (χ2v) is 6.84. The molecular formula is C14H14BrClN2O2S. The van der Waals surface area contributed by atoms with Crippen LogP contribution in [0.1, 0.15) is 11.3 Å². The van der Waals surface area contributed by atoms with Gasteiger partial charge in [-0.05, 0) is 34.1 Å². The van der Waals surface area contributed by atoms with Crippen molar-refractivity contribution in [3.05, 3.63) is 44.0 Å². The first-order chi connectivity index (χ1) is 10.1. The largest absolute Gasteiger partial charge is 0.491 e. The Hall–Kier alpha value is -1.24. The molecule has 0 fully saturated rings. The van der Waals surface area contributed by atoms with E-state index in [2.05, 4.69) is 21.2 Å². The molecule has 0 unspecified atom stereocenters. The molecule has 1 aromatic carbocycles. The predicted molar refractivity (Wildman–Crippen MR) is 90.1 cm³/mol. The fourth-order valence-electron chi connectivity index (χ4n) is 1.66. The summed E-state index contributed by atoms with van der Waals surface area (Å²) in [5.41, 5.74) is 5.96. The molecule has 7 heteroatoms. The van der Waals surface area contributed by atoms with Crippen LogP contribution in [-0.4, -0.2) is 12.5 Å². The van der Waals surface area contributed by atoms with Gasteiger partial charge in [0.15, 0.2) is 0 Å². The van der Waals surface area contributed by atoms with E-state index in [1.54, 1.807) is 0 Å². The molecular weight excluding hydrogens is 376 g/mol. The van der Waals surface area contributed by atoms with Crippen molar-refractivity contribution in [3.8, 4) is 5.75 Å². The minimum atomic E-state index is -0.376. The van der Waals surface area contributed by atoms with Crippen LogP contribution in [-0.2, 0) is 11.3 Å². The molecule has 0 atom stereocenters. The summed E-state index contributed by atoms with van der Waals surface area (Å²) in [6.45, 7) is 0.913. The van der Waals surface area contributed by atoms with Crippen molar-refractivity contribution in [1.82, 2.24) is 0 Å². The Morgan fingerprint density at radius 3 is 2.86 bits per heavy atom. The van der Waals surface area contributed by atoms with Gasteiger partial charge in [0.2, 0.25) is 5.91 Å². The van der Waals surface area contributed by atoms with E-state index < -0.39 is 0 Å². The number of hydrogen-bond donors (Lipinski definition) is 2. The van der Waals surface area contributed by atoms with E-state index in [4.69, 9.17) is 22.1 Å². The maximum absolute atomic E-state index is 10.7. The summed E-state index contributed by atoms with van der Waals surface area (Å²) < 4.78 is 7.20. The predicted octanol–water partition coefficient (Wildman–Crippen LogP) is 4.03. The monoisotopic (exact) mass is 388 g/mol. The molecule has 4 nitrogen and oxygen atoms in total. The van der Waals surface area contributed by atoms with Crippen LogP contribution in [0.3, 0.4) is 0 Å². The Kier molecular flexibility index (Phi) is 5.90. The van der Waals surface area contributed by atoms with E-state index in [9.17, 15) is 4.79 Å². The SMILES string of the molecule is NC(=O)CCOc1ccccc1NCc1cc(Br)c(Cl)s1. The molecule has 0 aliphatic heterocycles. The molecule has 1 heterocycles. The molecule has 21 heavy (non-hydrogen) atoms. The van der Waals surface area contributed by atoms with E-state index in [1.165, 1.54) is 11.3 Å². The van der Waals surface area contributed by atoms with Gasteiger partial charge in [-0.2, -0.15) is 0 Å². The van der Waals surface area contributed by atoms with Crippen molar-refractivity contribution in [2.45, 2.75) is 13.0 Å². The minimum Gasteiger partial charge on any atom is -0.491 e. The highest BCUT2D eigenvalue weighted by Crippen LogP contribution is 2.33. The molecule has 0 spiro atoms. The molecule has 3 N–H and O–H groups in total. The van der Waals surface area contributed by atoms with Gasteiger partial charge < -0.3 is 15.8 Å². The number of primary amides is 1. The number of para-hydroxylation sites is 2. The van der Waals surface area contributed by atoms with Gasteiger partial charge in [-0.25, -0.2) is 0 Å². The second-order valence-electron chi connectivity index (χ2n) is 4.25. The zero-order valence-corrected chi connectivity index (χ0v) is 14.2.